The van der Waals surface area contributed by atoms with Gasteiger partial charge in [-0.2, -0.15) is 0 Å². The van der Waals surface area contributed by atoms with Crippen LogP contribution in [0.4, 0.5) is 0 Å². The minimum absolute atomic E-state index is 0.293. The third-order valence-corrected chi connectivity index (χ3v) is 4.07. The Kier molecular flexibility index (Phi) is 3.26. The van der Waals surface area contributed by atoms with Crippen molar-refractivity contribution in [3.8, 4) is 0 Å². The van der Waals surface area contributed by atoms with Crippen molar-refractivity contribution >= 4 is 29.1 Å². The first-order chi connectivity index (χ1) is 7.68. The number of nitrogens with zero attached hydrogens (tertiary/aromatic N) is 1. The van der Waals surface area contributed by atoms with Gasteiger partial charge in [-0.25, -0.2) is 9.78 Å². The lowest BCUT2D eigenvalue weighted by atomic mass is 10.2. The van der Waals surface area contributed by atoms with Crippen LogP contribution in [0.3, 0.4) is 0 Å². The molecule has 0 aliphatic heterocycles. The molecule has 2 rings (SSSR count). The van der Waals surface area contributed by atoms with E-state index in [1.54, 1.807) is 30.5 Å². The highest BCUT2D eigenvalue weighted by Gasteiger charge is 2.15. The highest BCUT2D eigenvalue weighted by atomic mass is 32.2. The monoisotopic (exact) mass is 251 g/mol. The maximum atomic E-state index is 11.1. The molecule has 2 heterocycles. The van der Waals surface area contributed by atoms with E-state index < -0.39 is 5.97 Å². The van der Waals surface area contributed by atoms with Gasteiger partial charge in [-0.1, -0.05) is 17.8 Å². The molecule has 0 aromatic carbocycles. The number of hydrogen-bond acceptors (Lipinski definition) is 4. The van der Waals surface area contributed by atoms with Crippen LogP contribution in [0.25, 0.3) is 0 Å². The molecule has 0 radical (unpaired) electrons. The van der Waals surface area contributed by atoms with Gasteiger partial charge in [0.05, 0.1) is 9.77 Å². The lowest BCUT2D eigenvalue weighted by molar-refractivity contribution is 0.0691. The van der Waals surface area contributed by atoms with E-state index in [1.807, 2.05) is 17.5 Å². The van der Waals surface area contributed by atoms with Crippen molar-refractivity contribution in [3.63, 3.8) is 0 Å². The van der Waals surface area contributed by atoms with Crippen molar-refractivity contribution in [1.82, 2.24) is 4.98 Å². The van der Waals surface area contributed by atoms with E-state index in [9.17, 15) is 4.79 Å². The first-order valence-corrected chi connectivity index (χ1v) is 6.28. The van der Waals surface area contributed by atoms with Gasteiger partial charge in [0.1, 0.15) is 5.03 Å². The highest BCUT2D eigenvalue weighted by Crippen LogP contribution is 2.32. The fourth-order valence-electron chi connectivity index (χ4n) is 1.29. The molecule has 0 atom stereocenters. The van der Waals surface area contributed by atoms with Crippen LogP contribution in [0.2, 0.25) is 0 Å². The summed E-state index contributed by atoms with van der Waals surface area (Å²) in [6, 6.07) is 5.59. The predicted octanol–water partition coefficient (Wildman–Crippen LogP) is 3.30. The Bertz CT molecular complexity index is 509. The zero-order valence-corrected chi connectivity index (χ0v) is 10.1. The molecule has 0 spiro atoms. The molecular formula is C11H9NO2S2. The number of carbonyl (C=O) groups is 1. The number of aryl methyl sites for hydroxylation is 1. The van der Waals surface area contributed by atoms with Crippen molar-refractivity contribution in [2.24, 2.45) is 0 Å². The van der Waals surface area contributed by atoms with Gasteiger partial charge in [0, 0.05) is 6.20 Å². The van der Waals surface area contributed by atoms with Gasteiger partial charge in [-0.15, -0.1) is 11.3 Å². The number of rotatable bonds is 3. The van der Waals surface area contributed by atoms with E-state index in [4.69, 9.17) is 5.11 Å². The first-order valence-electron chi connectivity index (χ1n) is 4.58. The lowest BCUT2D eigenvalue weighted by Gasteiger charge is -2.05. The quantitative estimate of drug-likeness (QED) is 0.909. The van der Waals surface area contributed by atoms with Crippen LogP contribution in [0.1, 0.15) is 15.9 Å². The topological polar surface area (TPSA) is 50.2 Å². The van der Waals surface area contributed by atoms with Crippen LogP contribution in [0, 0.1) is 6.92 Å². The van der Waals surface area contributed by atoms with Gasteiger partial charge in [0.2, 0.25) is 0 Å². The summed E-state index contributed by atoms with van der Waals surface area (Å²) in [5, 5.41) is 11.6. The highest BCUT2D eigenvalue weighted by molar-refractivity contribution is 8.01. The maximum absolute atomic E-state index is 11.1. The minimum Gasteiger partial charge on any atom is -0.478 e. The standard InChI is InChI=1S/C11H9NO2S2/c1-7-4-5-12-10(9(7)11(13)14)16-8-3-2-6-15-8/h2-6H,1H3,(H,13,14). The molecule has 0 aliphatic rings. The largest absolute Gasteiger partial charge is 0.478 e. The van der Waals surface area contributed by atoms with Crippen LogP contribution in [0.5, 0.6) is 0 Å². The Balaban J connectivity index is 2.40. The molecule has 0 saturated carbocycles. The van der Waals surface area contributed by atoms with Gasteiger partial charge < -0.3 is 5.11 Å². The predicted molar refractivity (Wildman–Crippen MR) is 64.4 cm³/mol. The van der Waals surface area contributed by atoms with Gasteiger partial charge in [-0.05, 0) is 30.0 Å². The summed E-state index contributed by atoms with van der Waals surface area (Å²) in [7, 11) is 0. The molecule has 1 N–H and O–H groups in total. The SMILES string of the molecule is Cc1ccnc(Sc2cccs2)c1C(=O)O. The number of hydrogen-bond donors (Lipinski definition) is 1. The Morgan fingerprint density at radius 2 is 2.31 bits per heavy atom. The lowest BCUT2D eigenvalue weighted by Crippen LogP contribution is -2.03. The number of aromatic nitrogens is 1. The van der Waals surface area contributed by atoms with E-state index in [-0.39, 0.29) is 0 Å². The number of pyridine rings is 1. The molecule has 0 unspecified atom stereocenters. The van der Waals surface area contributed by atoms with Crippen LogP contribution in [-0.2, 0) is 0 Å². The van der Waals surface area contributed by atoms with E-state index in [1.165, 1.54) is 11.8 Å². The summed E-state index contributed by atoms with van der Waals surface area (Å²) in [6.45, 7) is 1.78. The average Bonchev–Trinajstić information content (AvgIpc) is 2.70. The summed E-state index contributed by atoms with van der Waals surface area (Å²) in [6.07, 6.45) is 1.64. The molecule has 0 amide bonds. The van der Waals surface area contributed by atoms with Crippen LogP contribution in [0.15, 0.2) is 39.0 Å². The second-order valence-corrected chi connectivity index (χ2v) is 5.38. The number of carboxylic acids is 1. The Hall–Kier alpha value is -1.33. The van der Waals surface area contributed by atoms with Crippen LogP contribution in [-0.4, -0.2) is 16.1 Å². The third kappa shape index (κ3) is 2.25. The molecular weight excluding hydrogens is 242 g/mol. The molecule has 0 fully saturated rings. The molecule has 0 saturated heterocycles. The summed E-state index contributed by atoms with van der Waals surface area (Å²) in [4.78, 5) is 15.2. The van der Waals surface area contributed by atoms with E-state index in [0.717, 1.165) is 9.77 Å². The third-order valence-electron chi connectivity index (χ3n) is 2.03. The van der Waals surface area contributed by atoms with Crippen molar-refractivity contribution < 1.29 is 9.90 Å². The molecule has 3 nitrogen and oxygen atoms in total. The molecule has 2 aromatic rings. The zero-order chi connectivity index (χ0) is 11.5. The summed E-state index contributed by atoms with van der Waals surface area (Å²) >= 11 is 2.96. The molecule has 5 heteroatoms. The smallest absolute Gasteiger partial charge is 0.338 e. The van der Waals surface area contributed by atoms with E-state index >= 15 is 0 Å². The molecule has 82 valence electrons. The first kappa shape index (κ1) is 11.2. The second-order valence-electron chi connectivity index (χ2n) is 3.15. The molecule has 16 heavy (non-hydrogen) atoms. The number of aromatic carboxylic acids is 1. The van der Waals surface area contributed by atoms with Crippen molar-refractivity contribution in [3.05, 3.63) is 40.9 Å². The Morgan fingerprint density at radius 1 is 1.50 bits per heavy atom. The summed E-state index contributed by atoms with van der Waals surface area (Å²) < 4.78 is 1.04. The van der Waals surface area contributed by atoms with Crippen LogP contribution >= 0.6 is 23.1 Å². The summed E-state index contributed by atoms with van der Waals surface area (Å²) in [5.74, 6) is -0.926. The summed E-state index contributed by atoms with van der Waals surface area (Å²) in [5.41, 5.74) is 1.03. The maximum Gasteiger partial charge on any atom is 0.338 e. The van der Waals surface area contributed by atoms with Gasteiger partial charge >= 0.3 is 5.97 Å². The van der Waals surface area contributed by atoms with Crippen molar-refractivity contribution in [2.45, 2.75) is 16.2 Å². The fraction of sp³-hybridized carbons (Fsp3) is 0.0909. The minimum atomic E-state index is -0.926. The number of thiophene rings is 1. The van der Waals surface area contributed by atoms with Gasteiger partial charge in [0.25, 0.3) is 0 Å². The molecule has 0 aliphatic carbocycles. The van der Waals surface area contributed by atoms with Gasteiger partial charge in [-0.3, -0.25) is 0 Å². The average molecular weight is 251 g/mol. The zero-order valence-electron chi connectivity index (χ0n) is 8.51. The molecule has 0 bridgehead atoms. The number of carboxylic acid groups (broad SMARTS) is 1. The molecule has 2 aromatic heterocycles. The van der Waals surface area contributed by atoms with E-state index in [2.05, 4.69) is 4.98 Å². The second kappa shape index (κ2) is 4.67. The van der Waals surface area contributed by atoms with Crippen LogP contribution < -0.4 is 0 Å². The van der Waals surface area contributed by atoms with Gasteiger partial charge in [0.15, 0.2) is 0 Å². The van der Waals surface area contributed by atoms with Crippen molar-refractivity contribution in [1.29, 1.82) is 0 Å². The Morgan fingerprint density at radius 3 is 2.94 bits per heavy atom. The normalized spacial score (nSPS) is 10.3. The van der Waals surface area contributed by atoms with Crippen molar-refractivity contribution in [2.75, 3.05) is 0 Å². The van der Waals surface area contributed by atoms with E-state index in [0.29, 0.717) is 10.6 Å². The fourth-order valence-corrected chi connectivity index (χ4v) is 3.13. The Labute approximate surface area is 101 Å².